The standard InChI is InChI=1S/C23H36O5/c1-3-7-22-16(2)8-4-5-9-18-10-6-11-19(26-18)14-20-12-17(24)13-21(27-20)15-23(25)28-22/h3-4,7-8,16-22,24H,5-6,9-15H2,1-2H3/b7-3+,8-4+/t16-,17+,18-,19-,20+,21-,22-/m0/s1. The van der Waals surface area contributed by atoms with E-state index in [0.29, 0.717) is 18.9 Å². The van der Waals surface area contributed by atoms with Crippen LogP contribution >= 0.6 is 0 Å². The summed E-state index contributed by atoms with van der Waals surface area (Å²) in [5.41, 5.74) is 0. The second-order valence-electron chi connectivity index (χ2n) is 8.60. The molecule has 4 bridgehead atoms. The number of carbonyl (C=O) groups is 1. The second-order valence-corrected chi connectivity index (χ2v) is 8.60. The molecule has 0 aromatic carbocycles. The number of aliphatic hydroxyl groups is 1. The molecule has 0 radical (unpaired) electrons. The zero-order chi connectivity index (χ0) is 19.9. The first-order valence-electron chi connectivity index (χ1n) is 11.0. The molecule has 5 heteroatoms. The second kappa shape index (κ2) is 10.6. The number of esters is 1. The Balaban J connectivity index is 1.73. The van der Waals surface area contributed by atoms with Gasteiger partial charge >= 0.3 is 5.97 Å². The van der Waals surface area contributed by atoms with Crippen LogP contribution in [0.4, 0.5) is 0 Å². The number of aliphatic hydroxyl groups excluding tert-OH is 1. The summed E-state index contributed by atoms with van der Waals surface area (Å²) in [6, 6.07) is 0. The highest BCUT2D eigenvalue weighted by Crippen LogP contribution is 2.31. The van der Waals surface area contributed by atoms with Crippen LogP contribution in [-0.2, 0) is 19.0 Å². The first-order valence-corrected chi connectivity index (χ1v) is 11.0. The lowest BCUT2D eigenvalue weighted by molar-refractivity contribution is -0.160. The van der Waals surface area contributed by atoms with Crippen molar-refractivity contribution in [2.75, 3.05) is 0 Å². The van der Waals surface area contributed by atoms with Crippen molar-refractivity contribution in [1.82, 2.24) is 0 Å². The molecule has 5 nitrogen and oxygen atoms in total. The van der Waals surface area contributed by atoms with Crippen molar-refractivity contribution in [3.05, 3.63) is 24.3 Å². The first kappa shape index (κ1) is 21.5. The third kappa shape index (κ3) is 6.43. The van der Waals surface area contributed by atoms with Gasteiger partial charge in [0.25, 0.3) is 0 Å². The van der Waals surface area contributed by atoms with Crippen molar-refractivity contribution in [2.45, 2.75) is 108 Å². The number of hydrogen-bond donors (Lipinski definition) is 1. The molecule has 3 aliphatic heterocycles. The van der Waals surface area contributed by atoms with Crippen molar-refractivity contribution in [1.29, 1.82) is 0 Å². The minimum absolute atomic E-state index is 0.0524. The van der Waals surface area contributed by atoms with Crippen LogP contribution in [0.25, 0.3) is 0 Å². The van der Waals surface area contributed by atoms with Gasteiger partial charge in [0, 0.05) is 12.3 Å². The molecular weight excluding hydrogens is 356 g/mol. The molecule has 0 aliphatic carbocycles. The molecule has 7 atom stereocenters. The zero-order valence-electron chi connectivity index (χ0n) is 17.3. The monoisotopic (exact) mass is 392 g/mol. The third-order valence-electron chi connectivity index (χ3n) is 6.07. The Morgan fingerprint density at radius 3 is 2.61 bits per heavy atom. The van der Waals surface area contributed by atoms with E-state index < -0.39 is 6.10 Å². The Labute approximate surface area is 169 Å². The highest BCUT2D eigenvalue weighted by molar-refractivity contribution is 5.70. The molecule has 2 fully saturated rings. The van der Waals surface area contributed by atoms with E-state index in [4.69, 9.17) is 14.2 Å². The molecular formula is C23H36O5. The molecule has 0 aromatic heterocycles. The summed E-state index contributed by atoms with van der Waals surface area (Å²) in [7, 11) is 0. The molecule has 3 heterocycles. The normalized spacial score (nSPS) is 42.1. The maximum atomic E-state index is 12.5. The number of ether oxygens (including phenoxy) is 3. The number of cyclic esters (lactones) is 1. The smallest absolute Gasteiger partial charge is 0.309 e. The summed E-state index contributed by atoms with van der Waals surface area (Å²) in [4.78, 5) is 12.5. The number of rotatable bonds is 1. The van der Waals surface area contributed by atoms with Gasteiger partial charge in [0.2, 0.25) is 0 Å². The molecule has 0 aromatic rings. The molecule has 3 aliphatic rings. The molecule has 1 N–H and O–H groups in total. The molecule has 2 saturated heterocycles. The Morgan fingerprint density at radius 1 is 1.04 bits per heavy atom. The number of fused-ring (bicyclic) bond motifs is 4. The van der Waals surface area contributed by atoms with Crippen LogP contribution < -0.4 is 0 Å². The fourth-order valence-electron chi connectivity index (χ4n) is 4.63. The van der Waals surface area contributed by atoms with E-state index in [-0.39, 0.29) is 42.7 Å². The van der Waals surface area contributed by atoms with Gasteiger partial charge in [-0.25, -0.2) is 0 Å². The summed E-state index contributed by atoms with van der Waals surface area (Å²) >= 11 is 0. The van der Waals surface area contributed by atoms with Crippen LogP contribution in [0.1, 0.15) is 71.6 Å². The number of carbonyl (C=O) groups excluding carboxylic acids is 1. The van der Waals surface area contributed by atoms with Crippen LogP contribution in [0.5, 0.6) is 0 Å². The fraction of sp³-hybridized carbons (Fsp3) is 0.783. The van der Waals surface area contributed by atoms with Gasteiger partial charge in [-0.15, -0.1) is 0 Å². The van der Waals surface area contributed by atoms with Gasteiger partial charge in [0.05, 0.1) is 36.9 Å². The van der Waals surface area contributed by atoms with E-state index in [2.05, 4.69) is 19.1 Å². The predicted molar refractivity (Wildman–Crippen MR) is 108 cm³/mol. The van der Waals surface area contributed by atoms with Crippen LogP contribution in [-0.4, -0.2) is 47.7 Å². The largest absolute Gasteiger partial charge is 0.457 e. The van der Waals surface area contributed by atoms with Crippen molar-refractivity contribution >= 4 is 5.97 Å². The van der Waals surface area contributed by atoms with E-state index in [1.807, 2.05) is 19.1 Å². The van der Waals surface area contributed by atoms with E-state index in [0.717, 1.165) is 32.1 Å². The van der Waals surface area contributed by atoms with E-state index in [9.17, 15) is 9.90 Å². The minimum atomic E-state index is -0.428. The fourth-order valence-corrected chi connectivity index (χ4v) is 4.63. The molecule has 0 saturated carbocycles. The van der Waals surface area contributed by atoms with Gasteiger partial charge in [0.1, 0.15) is 6.10 Å². The Morgan fingerprint density at radius 2 is 1.79 bits per heavy atom. The predicted octanol–water partition coefficient (Wildman–Crippen LogP) is 4.09. The van der Waals surface area contributed by atoms with Crippen LogP contribution in [0, 0.1) is 5.92 Å². The SMILES string of the molecule is C/C=C/[C@@H]1OC(=O)C[C@@H]2C[C@H](O)C[C@H](C[C@@H]3CCC[C@H](CC/C=C/[C@@H]1C)O3)O2. The molecule has 0 spiro atoms. The molecule has 158 valence electrons. The maximum absolute atomic E-state index is 12.5. The summed E-state index contributed by atoms with van der Waals surface area (Å²) in [5, 5.41) is 10.3. The van der Waals surface area contributed by atoms with Crippen molar-refractivity contribution in [3.8, 4) is 0 Å². The third-order valence-corrected chi connectivity index (χ3v) is 6.07. The zero-order valence-corrected chi connectivity index (χ0v) is 17.3. The van der Waals surface area contributed by atoms with Gasteiger partial charge in [-0.2, -0.15) is 0 Å². The van der Waals surface area contributed by atoms with Gasteiger partial charge in [-0.05, 0) is 57.9 Å². The average molecular weight is 393 g/mol. The topological polar surface area (TPSA) is 65.0 Å². The van der Waals surface area contributed by atoms with Gasteiger partial charge in [-0.1, -0.05) is 25.2 Å². The summed E-state index contributed by atoms with van der Waals surface area (Å²) in [5.74, 6) is -0.152. The average Bonchev–Trinajstić information content (AvgIpc) is 2.64. The highest BCUT2D eigenvalue weighted by Gasteiger charge is 2.34. The van der Waals surface area contributed by atoms with Crippen LogP contribution in [0.2, 0.25) is 0 Å². The molecule has 0 amide bonds. The Hall–Kier alpha value is -1.17. The summed E-state index contributed by atoms with van der Waals surface area (Å²) in [6.45, 7) is 4.01. The number of hydrogen-bond acceptors (Lipinski definition) is 5. The quantitative estimate of drug-likeness (QED) is 0.538. The van der Waals surface area contributed by atoms with Crippen molar-refractivity contribution in [2.24, 2.45) is 5.92 Å². The van der Waals surface area contributed by atoms with E-state index >= 15 is 0 Å². The van der Waals surface area contributed by atoms with Gasteiger partial charge in [-0.3, -0.25) is 4.79 Å². The van der Waals surface area contributed by atoms with E-state index in [1.165, 1.54) is 6.42 Å². The lowest BCUT2D eigenvalue weighted by atomic mass is 9.92. The van der Waals surface area contributed by atoms with Gasteiger partial charge < -0.3 is 19.3 Å². The number of allylic oxidation sites excluding steroid dienone is 2. The van der Waals surface area contributed by atoms with Crippen LogP contribution in [0.3, 0.4) is 0 Å². The van der Waals surface area contributed by atoms with Crippen molar-refractivity contribution < 1.29 is 24.1 Å². The van der Waals surface area contributed by atoms with Gasteiger partial charge in [0.15, 0.2) is 0 Å². The molecule has 0 unspecified atom stereocenters. The first-order chi connectivity index (χ1) is 13.5. The molecule has 28 heavy (non-hydrogen) atoms. The molecule has 3 rings (SSSR count). The minimum Gasteiger partial charge on any atom is -0.457 e. The van der Waals surface area contributed by atoms with Crippen LogP contribution in [0.15, 0.2) is 24.3 Å². The maximum Gasteiger partial charge on any atom is 0.309 e. The summed E-state index contributed by atoms with van der Waals surface area (Å²) in [6.07, 6.45) is 15.1. The lowest BCUT2D eigenvalue weighted by Crippen LogP contribution is -2.40. The highest BCUT2D eigenvalue weighted by atomic mass is 16.6. The Kier molecular flexibility index (Phi) is 8.12. The van der Waals surface area contributed by atoms with Crippen molar-refractivity contribution in [3.63, 3.8) is 0 Å². The summed E-state index contributed by atoms with van der Waals surface area (Å²) < 4.78 is 18.2. The Bertz CT molecular complexity index is 557. The lowest BCUT2D eigenvalue weighted by Gasteiger charge is -2.37. The van der Waals surface area contributed by atoms with E-state index in [1.54, 1.807) is 0 Å².